The van der Waals surface area contributed by atoms with Gasteiger partial charge in [0.05, 0.1) is 0 Å². The van der Waals surface area contributed by atoms with E-state index in [2.05, 4.69) is 0 Å². The van der Waals surface area contributed by atoms with Crippen LogP contribution in [0, 0.1) is 0 Å². The Morgan fingerprint density at radius 2 is 1.94 bits per heavy atom. The molecule has 1 aromatic rings. The standard InChI is InChI=1S/C12H14ClNO3/c1-14(2)12(15)11(13)8-3-4-9-10(7-8)17-6-5-16-9/h3-4,7,11H,5-6H2,1-2H3. The number of likely N-dealkylation sites (N-methyl/N-ethyl adjacent to an activating group) is 1. The summed E-state index contributed by atoms with van der Waals surface area (Å²) in [7, 11) is 3.35. The van der Waals surface area contributed by atoms with Crippen LogP contribution in [-0.2, 0) is 4.79 Å². The number of ether oxygens (including phenoxy) is 2. The van der Waals surface area contributed by atoms with Crippen LogP contribution in [0.4, 0.5) is 0 Å². The molecule has 0 bridgehead atoms. The van der Waals surface area contributed by atoms with E-state index in [1.807, 2.05) is 0 Å². The fraction of sp³-hybridized carbons (Fsp3) is 0.417. The highest BCUT2D eigenvalue weighted by Crippen LogP contribution is 2.34. The van der Waals surface area contributed by atoms with Gasteiger partial charge in [-0.2, -0.15) is 0 Å². The van der Waals surface area contributed by atoms with Gasteiger partial charge < -0.3 is 14.4 Å². The molecule has 0 fully saturated rings. The number of nitrogens with zero attached hydrogens (tertiary/aromatic N) is 1. The molecule has 4 nitrogen and oxygen atoms in total. The first-order valence-electron chi connectivity index (χ1n) is 5.34. The number of hydrogen-bond acceptors (Lipinski definition) is 3. The molecule has 0 N–H and O–H groups in total. The number of hydrogen-bond donors (Lipinski definition) is 0. The van der Waals surface area contributed by atoms with Crippen LogP contribution in [0.25, 0.3) is 0 Å². The van der Waals surface area contributed by atoms with E-state index in [4.69, 9.17) is 21.1 Å². The van der Waals surface area contributed by atoms with Gasteiger partial charge in [-0.1, -0.05) is 6.07 Å². The summed E-state index contributed by atoms with van der Waals surface area (Å²) in [5, 5.41) is -0.694. The molecule has 0 spiro atoms. The van der Waals surface area contributed by atoms with Gasteiger partial charge in [0.2, 0.25) is 5.91 Å². The van der Waals surface area contributed by atoms with Crippen LogP contribution >= 0.6 is 11.6 Å². The number of carbonyl (C=O) groups is 1. The third kappa shape index (κ3) is 2.47. The Labute approximate surface area is 105 Å². The normalized spacial score (nSPS) is 15.2. The molecule has 1 unspecified atom stereocenters. The van der Waals surface area contributed by atoms with Crippen LogP contribution in [0.15, 0.2) is 18.2 Å². The minimum Gasteiger partial charge on any atom is -0.486 e. The van der Waals surface area contributed by atoms with Crippen molar-refractivity contribution in [1.29, 1.82) is 0 Å². The summed E-state index contributed by atoms with van der Waals surface area (Å²) in [6, 6.07) is 5.32. The molecule has 0 saturated carbocycles. The summed E-state index contributed by atoms with van der Waals surface area (Å²) in [4.78, 5) is 13.2. The molecule has 17 heavy (non-hydrogen) atoms. The summed E-state index contributed by atoms with van der Waals surface area (Å²) < 4.78 is 10.8. The van der Waals surface area contributed by atoms with E-state index in [1.54, 1.807) is 32.3 Å². The monoisotopic (exact) mass is 255 g/mol. The van der Waals surface area contributed by atoms with Crippen molar-refractivity contribution in [3.8, 4) is 11.5 Å². The molecular formula is C12H14ClNO3. The molecule has 1 amide bonds. The number of carbonyl (C=O) groups excluding carboxylic acids is 1. The van der Waals surface area contributed by atoms with Crippen molar-refractivity contribution >= 4 is 17.5 Å². The first-order chi connectivity index (χ1) is 8.09. The summed E-state index contributed by atoms with van der Waals surface area (Å²) in [6.45, 7) is 1.07. The molecule has 0 radical (unpaired) electrons. The van der Waals surface area contributed by atoms with Gasteiger partial charge in [-0.25, -0.2) is 0 Å². The maximum Gasteiger partial charge on any atom is 0.244 e. The van der Waals surface area contributed by atoms with E-state index < -0.39 is 5.38 Å². The number of amides is 1. The third-order valence-corrected chi connectivity index (χ3v) is 2.96. The van der Waals surface area contributed by atoms with Crippen molar-refractivity contribution in [3.05, 3.63) is 23.8 Å². The van der Waals surface area contributed by atoms with E-state index in [-0.39, 0.29) is 5.91 Å². The molecule has 92 valence electrons. The Morgan fingerprint density at radius 3 is 2.59 bits per heavy atom. The molecule has 0 aliphatic carbocycles. The number of benzene rings is 1. The van der Waals surface area contributed by atoms with E-state index in [0.717, 1.165) is 5.56 Å². The average Bonchev–Trinajstić information content (AvgIpc) is 2.36. The van der Waals surface area contributed by atoms with Crippen molar-refractivity contribution in [1.82, 2.24) is 4.90 Å². The highest BCUT2D eigenvalue weighted by Gasteiger charge is 2.22. The molecule has 5 heteroatoms. The van der Waals surface area contributed by atoms with Crippen molar-refractivity contribution in [3.63, 3.8) is 0 Å². The quantitative estimate of drug-likeness (QED) is 0.757. The molecular weight excluding hydrogens is 242 g/mol. The van der Waals surface area contributed by atoms with Crippen LogP contribution in [0.2, 0.25) is 0 Å². The maximum atomic E-state index is 11.7. The lowest BCUT2D eigenvalue weighted by atomic mass is 10.1. The van der Waals surface area contributed by atoms with Crippen LogP contribution in [0.3, 0.4) is 0 Å². The third-order valence-electron chi connectivity index (χ3n) is 2.52. The zero-order chi connectivity index (χ0) is 12.4. The van der Waals surface area contributed by atoms with Crippen LogP contribution in [0.1, 0.15) is 10.9 Å². The van der Waals surface area contributed by atoms with Gasteiger partial charge >= 0.3 is 0 Å². The predicted molar refractivity (Wildman–Crippen MR) is 64.7 cm³/mol. The van der Waals surface area contributed by atoms with Gasteiger partial charge in [0, 0.05) is 14.1 Å². The number of halogens is 1. The van der Waals surface area contributed by atoms with E-state index in [9.17, 15) is 4.79 Å². The average molecular weight is 256 g/mol. The second kappa shape index (κ2) is 4.84. The molecule has 0 saturated heterocycles. The number of rotatable bonds is 2. The summed E-state index contributed by atoms with van der Waals surface area (Å²) >= 11 is 6.11. The lowest BCUT2D eigenvalue weighted by Crippen LogP contribution is -2.25. The SMILES string of the molecule is CN(C)C(=O)C(Cl)c1ccc2c(c1)OCCO2. The maximum absolute atomic E-state index is 11.7. The van der Waals surface area contributed by atoms with E-state index in [1.165, 1.54) is 4.90 Å². The summed E-state index contributed by atoms with van der Waals surface area (Å²) in [5.74, 6) is 1.19. The molecule has 1 heterocycles. The highest BCUT2D eigenvalue weighted by molar-refractivity contribution is 6.30. The Morgan fingerprint density at radius 1 is 1.29 bits per heavy atom. The number of alkyl halides is 1. The van der Waals surface area contributed by atoms with Gasteiger partial charge in [0.1, 0.15) is 18.6 Å². The topological polar surface area (TPSA) is 38.8 Å². The Balaban J connectivity index is 2.24. The van der Waals surface area contributed by atoms with Gasteiger partial charge in [-0.05, 0) is 17.7 Å². The van der Waals surface area contributed by atoms with Gasteiger partial charge in [0.25, 0.3) is 0 Å². The van der Waals surface area contributed by atoms with Crippen LogP contribution < -0.4 is 9.47 Å². The van der Waals surface area contributed by atoms with Crippen molar-refractivity contribution < 1.29 is 14.3 Å². The predicted octanol–water partition coefficient (Wildman–Crippen LogP) is 1.83. The molecule has 1 aliphatic rings. The number of fused-ring (bicyclic) bond motifs is 1. The molecule has 1 atom stereocenters. The Bertz CT molecular complexity index is 434. The van der Waals surface area contributed by atoms with Crippen molar-refractivity contribution in [2.24, 2.45) is 0 Å². The lowest BCUT2D eigenvalue weighted by molar-refractivity contribution is -0.128. The van der Waals surface area contributed by atoms with Crippen molar-refractivity contribution in [2.45, 2.75) is 5.38 Å². The molecule has 1 aromatic carbocycles. The fourth-order valence-corrected chi connectivity index (χ4v) is 1.92. The highest BCUT2D eigenvalue weighted by atomic mass is 35.5. The van der Waals surface area contributed by atoms with Crippen molar-refractivity contribution in [2.75, 3.05) is 27.3 Å². The molecule has 0 aromatic heterocycles. The fourth-order valence-electron chi connectivity index (χ4n) is 1.59. The zero-order valence-electron chi connectivity index (χ0n) is 9.77. The summed E-state index contributed by atoms with van der Waals surface area (Å²) in [5.41, 5.74) is 0.717. The van der Waals surface area contributed by atoms with Crippen LogP contribution in [-0.4, -0.2) is 38.1 Å². The summed E-state index contributed by atoms with van der Waals surface area (Å²) in [6.07, 6.45) is 0. The van der Waals surface area contributed by atoms with Crippen LogP contribution in [0.5, 0.6) is 11.5 Å². The first-order valence-corrected chi connectivity index (χ1v) is 5.78. The second-order valence-corrected chi connectivity index (χ2v) is 4.43. The molecule has 1 aliphatic heterocycles. The zero-order valence-corrected chi connectivity index (χ0v) is 10.5. The molecule has 2 rings (SSSR count). The van der Waals surface area contributed by atoms with E-state index >= 15 is 0 Å². The Hall–Kier alpha value is -1.42. The largest absolute Gasteiger partial charge is 0.486 e. The minimum absolute atomic E-state index is 0.150. The Kier molecular flexibility index (Phi) is 3.43. The first kappa shape index (κ1) is 12.0. The van der Waals surface area contributed by atoms with Gasteiger partial charge in [0.15, 0.2) is 11.5 Å². The van der Waals surface area contributed by atoms with E-state index in [0.29, 0.717) is 24.7 Å². The van der Waals surface area contributed by atoms with Gasteiger partial charge in [-0.3, -0.25) is 4.79 Å². The van der Waals surface area contributed by atoms with Gasteiger partial charge in [-0.15, -0.1) is 11.6 Å². The lowest BCUT2D eigenvalue weighted by Gasteiger charge is -2.20. The second-order valence-electron chi connectivity index (χ2n) is 4.00. The smallest absolute Gasteiger partial charge is 0.244 e. The minimum atomic E-state index is -0.694.